The second-order valence-electron chi connectivity index (χ2n) is 7.52. The first-order chi connectivity index (χ1) is 12.8. The highest BCUT2D eigenvalue weighted by atomic mass is 16.1. The van der Waals surface area contributed by atoms with E-state index >= 15 is 0 Å². The predicted octanol–water partition coefficient (Wildman–Crippen LogP) is 3.68. The number of hydrogen-bond acceptors (Lipinski definition) is 3. The van der Waals surface area contributed by atoms with E-state index in [-0.39, 0.29) is 5.56 Å². The van der Waals surface area contributed by atoms with E-state index in [1.807, 2.05) is 32.0 Å². The molecular formula is C22H28N4O. The lowest BCUT2D eigenvalue weighted by molar-refractivity contribution is 0.200. The van der Waals surface area contributed by atoms with Gasteiger partial charge in [-0.15, -0.1) is 0 Å². The number of fused-ring (bicyclic) bond motifs is 3. The van der Waals surface area contributed by atoms with Crippen molar-refractivity contribution < 1.29 is 0 Å². The van der Waals surface area contributed by atoms with Crippen LogP contribution in [0.2, 0.25) is 0 Å². The third-order valence-corrected chi connectivity index (χ3v) is 5.09. The van der Waals surface area contributed by atoms with Gasteiger partial charge in [0.05, 0.1) is 17.4 Å². The summed E-state index contributed by atoms with van der Waals surface area (Å²) < 4.78 is 1.80. The van der Waals surface area contributed by atoms with Crippen LogP contribution in [0.1, 0.15) is 45.9 Å². The van der Waals surface area contributed by atoms with E-state index in [1.165, 1.54) is 0 Å². The van der Waals surface area contributed by atoms with Crippen molar-refractivity contribution >= 4 is 21.8 Å². The lowest BCUT2D eigenvalue weighted by atomic mass is 10.1. The van der Waals surface area contributed by atoms with Crippen molar-refractivity contribution in [3.05, 3.63) is 39.8 Å². The molecule has 0 radical (unpaired) electrons. The molecular weight excluding hydrogens is 336 g/mol. The van der Waals surface area contributed by atoms with Crippen molar-refractivity contribution in [2.45, 2.75) is 60.2 Å². The van der Waals surface area contributed by atoms with Gasteiger partial charge in [0.2, 0.25) is 0 Å². The Hall–Kier alpha value is -2.58. The van der Waals surface area contributed by atoms with Crippen molar-refractivity contribution in [2.75, 3.05) is 6.54 Å². The van der Waals surface area contributed by atoms with E-state index in [9.17, 15) is 4.79 Å². The Morgan fingerprint density at radius 2 is 1.93 bits per heavy atom. The lowest BCUT2D eigenvalue weighted by Gasteiger charge is -2.28. The smallest absolute Gasteiger partial charge is 0.262 e. The fourth-order valence-corrected chi connectivity index (χ4v) is 3.68. The molecule has 0 spiro atoms. The number of pyridine rings is 1. The number of aryl methyl sites for hydroxylation is 2. The highest BCUT2D eigenvalue weighted by molar-refractivity contribution is 6.04. The Morgan fingerprint density at radius 1 is 1.22 bits per heavy atom. The van der Waals surface area contributed by atoms with Gasteiger partial charge < -0.3 is 4.57 Å². The summed E-state index contributed by atoms with van der Waals surface area (Å²) in [7, 11) is 0. The number of rotatable bonds is 4. The molecule has 0 aliphatic rings. The minimum atomic E-state index is 0.00888. The number of aromatic amines is 1. The quantitative estimate of drug-likeness (QED) is 0.719. The van der Waals surface area contributed by atoms with Gasteiger partial charge >= 0.3 is 0 Å². The Morgan fingerprint density at radius 3 is 2.56 bits per heavy atom. The summed E-state index contributed by atoms with van der Waals surface area (Å²) in [6.45, 7) is 14.0. The van der Waals surface area contributed by atoms with E-state index < -0.39 is 0 Å². The minimum absolute atomic E-state index is 0.00888. The monoisotopic (exact) mass is 364 g/mol. The SMILES string of the molecule is CCn1c(=O)c2c(C)[nH]nc2c2cc(C#CCN(C(C)C)C(C)C)ccc21. The van der Waals surface area contributed by atoms with Gasteiger partial charge in [0, 0.05) is 35.3 Å². The number of benzene rings is 1. The molecule has 1 aromatic carbocycles. The van der Waals surface area contributed by atoms with Crippen molar-refractivity contribution in [1.82, 2.24) is 19.7 Å². The Bertz CT molecular complexity index is 1080. The summed E-state index contributed by atoms with van der Waals surface area (Å²) in [6, 6.07) is 6.94. The molecule has 0 atom stereocenters. The van der Waals surface area contributed by atoms with Gasteiger partial charge in [-0.3, -0.25) is 14.8 Å². The third kappa shape index (κ3) is 3.50. The van der Waals surface area contributed by atoms with Gasteiger partial charge in [0.15, 0.2) is 0 Å². The number of aromatic nitrogens is 3. The highest BCUT2D eigenvalue weighted by Crippen LogP contribution is 2.23. The van der Waals surface area contributed by atoms with Crippen LogP contribution in [0.15, 0.2) is 23.0 Å². The normalized spacial score (nSPS) is 11.7. The van der Waals surface area contributed by atoms with Crippen molar-refractivity contribution in [2.24, 2.45) is 0 Å². The van der Waals surface area contributed by atoms with Crippen LogP contribution in [0.4, 0.5) is 0 Å². The Balaban J connectivity index is 2.09. The fourth-order valence-electron chi connectivity index (χ4n) is 3.68. The van der Waals surface area contributed by atoms with Crippen LogP contribution in [0, 0.1) is 18.8 Å². The molecule has 2 heterocycles. The maximum Gasteiger partial charge on any atom is 0.262 e. The average molecular weight is 364 g/mol. The highest BCUT2D eigenvalue weighted by Gasteiger charge is 2.15. The molecule has 5 heteroatoms. The molecule has 0 aliphatic heterocycles. The van der Waals surface area contributed by atoms with Crippen molar-refractivity contribution in [3.8, 4) is 11.8 Å². The fraction of sp³-hybridized carbons (Fsp3) is 0.455. The maximum atomic E-state index is 12.8. The molecule has 1 N–H and O–H groups in total. The average Bonchev–Trinajstić information content (AvgIpc) is 3.01. The molecule has 0 saturated heterocycles. The molecule has 3 aromatic rings. The first-order valence-corrected chi connectivity index (χ1v) is 9.61. The second-order valence-corrected chi connectivity index (χ2v) is 7.52. The number of H-pyrrole nitrogens is 1. The van der Waals surface area contributed by atoms with Crippen LogP contribution < -0.4 is 5.56 Å². The summed E-state index contributed by atoms with van der Waals surface area (Å²) in [5, 5.41) is 8.97. The predicted molar refractivity (Wildman–Crippen MR) is 112 cm³/mol. The summed E-state index contributed by atoms with van der Waals surface area (Å²) in [4.78, 5) is 15.1. The Kier molecular flexibility index (Phi) is 5.38. The minimum Gasteiger partial charge on any atom is -0.308 e. The molecule has 5 nitrogen and oxygen atoms in total. The van der Waals surface area contributed by atoms with E-state index in [0.29, 0.717) is 24.0 Å². The van der Waals surface area contributed by atoms with Crippen LogP contribution in [0.5, 0.6) is 0 Å². The zero-order valence-electron chi connectivity index (χ0n) is 17.1. The topological polar surface area (TPSA) is 53.9 Å². The van der Waals surface area contributed by atoms with Crippen molar-refractivity contribution in [3.63, 3.8) is 0 Å². The van der Waals surface area contributed by atoms with Gasteiger partial charge in [-0.1, -0.05) is 11.8 Å². The van der Waals surface area contributed by atoms with E-state index in [2.05, 4.69) is 54.6 Å². The standard InChI is InChI=1S/C22H28N4O/c1-7-25-19-11-10-17(9-8-12-26(14(2)3)15(4)5)13-18(19)21-20(22(25)27)16(6)23-24-21/h10-11,13-15H,7,12H2,1-6H3,(H,23,24). The molecule has 142 valence electrons. The summed E-state index contributed by atoms with van der Waals surface area (Å²) in [5.74, 6) is 6.59. The third-order valence-electron chi connectivity index (χ3n) is 5.09. The van der Waals surface area contributed by atoms with Crippen LogP contribution in [-0.2, 0) is 6.54 Å². The zero-order chi connectivity index (χ0) is 19.7. The Labute approximate surface area is 160 Å². The van der Waals surface area contributed by atoms with E-state index in [1.54, 1.807) is 4.57 Å². The van der Waals surface area contributed by atoms with Crippen molar-refractivity contribution in [1.29, 1.82) is 0 Å². The summed E-state index contributed by atoms with van der Waals surface area (Å²) >= 11 is 0. The van der Waals surface area contributed by atoms with E-state index in [4.69, 9.17) is 0 Å². The van der Waals surface area contributed by atoms with Crippen LogP contribution in [0.25, 0.3) is 21.8 Å². The molecule has 0 bridgehead atoms. The zero-order valence-corrected chi connectivity index (χ0v) is 17.1. The number of hydrogen-bond donors (Lipinski definition) is 1. The summed E-state index contributed by atoms with van der Waals surface area (Å²) in [5.41, 5.74) is 3.39. The van der Waals surface area contributed by atoms with Crippen LogP contribution in [0.3, 0.4) is 0 Å². The van der Waals surface area contributed by atoms with Crippen LogP contribution >= 0.6 is 0 Å². The second kappa shape index (κ2) is 7.58. The first-order valence-electron chi connectivity index (χ1n) is 9.61. The number of nitrogens with zero attached hydrogens (tertiary/aromatic N) is 3. The first kappa shape index (κ1) is 19.2. The van der Waals surface area contributed by atoms with Gasteiger partial charge in [-0.05, 0) is 59.7 Å². The molecule has 0 unspecified atom stereocenters. The van der Waals surface area contributed by atoms with Gasteiger partial charge in [-0.2, -0.15) is 5.10 Å². The maximum absolute atomic E-state index is 12.8. The summed E-state index contributed by atoms with van der Waals surface area (Å²) in [6.07, 6.45) is 0. The molecule has 0 amide bonds. The van der Waals surface area contributed by atoms with Gasteiger partial charge in [-0.25, -0.2) is 0 Å². The lowest BCUT2D eigenvalue weighted by Crippen LogP contribution is -2.37. The molecule has 2 aromatic heterocycles. The van der Waals surface area contributed by atoms with Gasteiger partial charge in [0.25, 0.3) is 5.56 Å². The van der Waals surface area contributed by atoms with Crippen LogP contribution in [-0.4, -0.2) is 38.3 Å². The number of nitrogens with one attached hydrogen (secondary N) is 1. The molecule has 0 saturated carbocycles. The molecule has 27 heavy (non-hydrogen) atoms. The molecule has 0 fully saturated rings. The largest absolute Gasteiger partial charge is 0.308 e. The molecule has 3 rings (SSSR count). The van der Waals surface area contributed by atoms with E-state index in [0.717, 1.165) is 34.2 Å². The van der Waals surface area contributed by atoms with Gasteiger partial charge in [0.1, 0.15) is 5.52 Å². The molecule has 0 aliphatic carbocycles.